The third kappa shape index (κ3) is 8.76. The summed E-state index contributed by atoms with van der Waals surface area (Å²) >= 11 is 4.24. The average molecular weight is 675 g/mol. The molecule has 40 heavy (non-hydrogen) atoms. The van der Waals surface area contributed by atoms with Crippen LogP contribution in [-0.4, -0.2) is 27.8 Å². The summed E-state index contributed by atoms with van der Waals surface area (Å²) in [6.45, 7) is 4.65. The van der Waals surface area contributed by atoms with Crippen molar-refractivity contribution in [2.75, 3.05) is 27.8 Å². The van der Waals surface area contributed by atoms with E-state index in [1.807, 2.05) is 31.2 Å². The van der Waals surface area contributed by atoms with E-state index in [2.05, 4.69) is 89.6 Å². The maximum absolute atomic E-state index is 5.87. The fourth-order valence-electron chi connectivity index (χ4n) is 4.24. The van der Waals surface area contributed by atoms with Gasteiger partial charge in [-0.1, -0.05) is 66.2 Å². The number of hydrogen-bond acceptors (Lipinski definition) is 4. The van der Waals surface area contributed by atoms with Gasteiger partial charge in [-0.05, 0) is 87.2 Å². The van der Waals surface area contributed by atoms with Gasteiger partial charge in [-0.15, -0.1) is 0 Å². The Morgan fingerprint density at radius 3 is 1.65 bits per heavy atom. The van der Waals surface area contributed by atoms with Gasteiger partial charge >= 0.3 is 27.0 Å². The Morgan fingerprint density at radius 2 is 1.12 bits per heavy atom. The third-order valence-corrected chi connectivity index (χ3v) is 6.55. The second kappa shape index (κ2) is 17.4. The third-order valence-electron chi connectivity index (χ3n) is 5.93. The fourth-order valence-corrected chi connectivity index (χ4v) is 4.84. The van der Waals surface area contributed by atoms with Gasteiger partial charge in [-0.2, -0.15) is 0 Å². The van der Waals surface area contributed by atoms with E-state index >= 15 is 0 Å². The summed E-state index contributed by atoms with van der Waals surface area (Å²) in [6.07, 6.45) is 0. The summed E-state index contributed by atoms with van der Waals surface area (Å²) < 4.78 is 22.0. The zero-order chi connectivity index (χ0) is 28.2. The Labute approximate surface area is 260 Å². The number of benzene rings is 5. The van der Waals surface area contributed by atoms with Crippen LogP contribution in [0, 0.1) is 21.3 Å². The van der Waals surface area contributed by atoms with Crippen molar-refractivity contribution in [2.45, 2.75) is 13.8 Å². The van der Waals surface area contributed by atoms with E-state index in [1.165, 1.54) is 38.2 Å². The van der Waals surface area contributed by atoms with E-state index in [9.17, 15) is 0 Å². The van der Waals surface area contributed by atoms with Crippen LogP contribution in [0.1, 0.15) is 11.1 Å². The van der Waals surface area contributed by atoms with Crippen molar-refractivity contribution in [3.05, 3.63) is 114 Å². The number of hydrogen-bond donors (Lipinski definition) is 0. The molecule has 0 aliphatic heterocycles. The molecule has 0 aromatic heterocycles. The molecule has 5 aromatic carbocycles. The molecule has 5 aromatic rings. The first kappa shape index (κ1) is 33.7. The van der Waals surface area contributed by atoms with Crippen molar-refractivity contribution >= 4 is 47.2 Å². The maximum atomic E-state index is 5.87. The Balaban J connectivity index is 0.000000317. The molecule has 0 aliphatic rings. The molecule has 0 N–H and O–H groups in total. The molecule has 0 atom stereocenters. The van der Waals surface area contributed by atoms with Crippen LogP contribution in [0.5, 0.6) is 11.5 Å². The number of fused-ring (bicyclic) bond motifs is 2. The molecule has 0 unspecified atom stereocenters. The first-order chi connectivity index (χ1) is 19.0. The Kier molecular flexibility index (Phi) is 14.7. The van der Waals surface area contributed by atoms with Crippen molar-refractivity contribution in [1.29, 1.82) is 0 Å². The summed E-state index contributed by atoms with van der Waals surface area (Å²) in [4.78, 5) is 0. The normalized spacial score (nSPS) is 10.1. The standard InChI is InChI=1S/C23H20O2.C9H11BrO2.CH3.ClH.Zn/c1-16-11-12-22(25-15-24-2)21(13-16)23-19-9-5-3-7-17(19)14-18-8-4-6-10-20(18)23;1-7-3-4-9(8(10)5-7)12-6-11-2;;;/h3-14H,15H2,1-2H3;3-5H,6H2,1-2H3;1H3;1H;/q;;-1;;+2/p-1. The van der Waals surface area contributed by atoms with Crippen molar-refractivity contribution < 1.29 is 36.3 Å². The van der Waals surface area contributed by atoms with E-state index in [0.29, 0.717) is 0 Å². The molecule has 0 radical (unpaired) electrons. The topological polar surface area (TPSA) is 36.9 Å². The van der Waals surface area contributed by atoms with E-state index in [-0.39, 0.29) is 21.0 Å². The van der Waals surface area contributed by atoms with E-state index < -0.39 is 0 Å². The van der Waals surface area contributed by atoms with Crippen LogP contribution in [0.3, 0.4) is 0 Å². The molecule has 5 rings (SSSR count). The predicted octanol–water partition coefficient (Wildman–Crippen LogP) is 9.83. The van der Waals surface area contributed by atoms with E-state index in [4.69, 9.17) is 28.6 Å². The van der Waals surface area contributed by atoms with Crippen LogP contribution in [0.25, 0.3) is 32.7 Å². The van der Waals surface area contributed by atoms with Crippen molar-refractivity contribution in [2.24, 2.45) is 0 Å². The molecule has 0 spiro atoms. The molecular weight excluding hydrogens is 641 g/mol. The van der Waals surface area contributed by atoms with Gasteiger partial charge in [-0.25, -0.2) is 0 Å². The zero-order valence-corrected chi connectivity index (χ0v) is 29.0. The van der Waals surface area contributed by atoms with Gasteiger partial charge in [0.1, 0.15) is 11.5 Å². The van der Waals surface area contributed by atoms with Crippen LogP contribution in [0.2, 0.25) is 0 Å². The summed E-state index contributed by atoms with van der Waals surface area (Å²) in [7, 11) is 8.00. The number of methoxy groups -OCH3 is 2. The first-order valence-electron chi connectivity index (χ1n) is 12.3. The van der Waals surface area contributed by atoms with Gasteiger partial charge in [0.15, 0.2) is 13.6 Å². The quantitative estimate of drug-likeness (QED) is 0.0745. The molecule has 0 fully saturated rings. The molecule has 7 heteroatoms. The van der Waals surface area contributed by atoms with Gasteiger partial charge in [0.05, 0.1) is 4.47 Å². The molecule has 4 nitrogen and oxygen atoms in total. The second-order valence-electron chi connectivity index (χ2n) is 8.73. The zero-order valence-electron chi connectivity index (χ0n) is 23.7. The Morgan fingerprint density at radius 1 is 0.650 bits per heavy atom. The Bertz CT molecular complexity index is 1460. The monoisotopic (exact) mass is 672 g/mol. The van der Waals surface area contributed by atoms with Gasteiger partial charge in [0.2, 0.25) is 0 Å². The molecule has 0 aliphatic carbocycles. The molecule has 0 saturated carbocycles. The van der Waals surface area contributed by atoms with E-state index in [1.54, 1.807) is 14.2 Å². The van der Waals surface area contributed by atoms with Crippen LogP contribution in [0.4, 0.5) is 0 Å². The summed E-state index contributed by atoms with van der Waals surface area (Å²) in [5.41, 5.74) is 4.72. The molecule has 0 bridgehead atoms. The number of rotatable bonds is 7. The van der Waals surface area contributed by atoms with Gasteiger partial charge in [0.25, 0.3) is 0 Å². The van der Waals surface area contributed by atoms with Crippen molar-refractivity contribution in [1.82, 2.24) is 0 Å². The molecule has 0 saturated heterocycles. The van der Waals surface area contributed by atoms with Crippen molar-refractivity contribution in [3.8, 4) is 22.6 Å². The summed E-state index contributed by atoms with van der Waals surface area (Å²) in [5.74, 6) is 1.65. The first-order valence-corrected chi connectivity index (χ1v) is 17.0. The fraction of sp³-hybridized carbons (Fsp3) is 0.182. The van der Waals surface area contributed by atoms with Crippen molar-refractivity contribution in [3.63, 3.8) is 0 Å². The number of ether oxygens (including phenoxy) is 4. The van der Waals surface area contributed by atoms with Gasteiger partial charge < -0.3 is 26.4 Å². The Hall–Kier alpha value is -2.47. The number of halogens is 2. The molecular formula is C33H34BrClO4Zn. The predicted molar refractivity (Wildman–Crippen MR) is 168 cm³/mol. The van der Waals surface area contributed by atoms with Crippen LogP contribution in [0.15, 0.2) is 95.5 Å². The van der Waals surface area contributed by atoms with Gasteiger partial charge in [-0.3, -0.25) is 0 Å². The van der Waals surface area contributed by atoms with Gasteiger partial charge in [0, 0.05) is 25.3 Å². The minimum absolute atomic E-state index is 0. The summed E-state index contributed by atoms with van der Waals surface area (Å²) in [6, 6.07) is 31.5. The molecule has 0 heterocycles. The average Bonchev–Trinajstić information content (AvgIpc) is 2.96. The minimum atomic E-state index is 0. The van der Waals surface area contributed by atoms with Crippen LogP contribution < -0.4 is 9.47 Å². The summed E-state index contributed by atoms with van der Waals surface area (Å²) in [5, 5.41) is 4.92. The van der Waals surface area contributed by atoms with E-state index in [0.717, 1.165) is 38.8 Å². The second-order valence-corrected chi connectivity index (χ2v) is 9.58. The van der Waals surface area contributed by atoms with Crippen LogP contribution >= 0.6 is 25.6 Å². The SMILES string of the molecule is COCOc1ccc(C)cc1-c1c2ccccc2cc2ccccc12.COCOc1ccc(C)cc1Br.[CH3-].[Cl][Zn+]. The molecule has 206 valence electrons. The molecule has 0 amide bonds. The number of aryl methyl sites for hydroxylation is 2. The van der Waals surface area contributed by atoms with Crippen LogP contribution in [-0.2, 0) is 26.8 Å².